The molecule has 1 aliphatic heterocycles. The van der Waals surface area contributed by atoms with Gasteiger partial charge in [-0.25, -0.2) is 9.97 Å². The quantitative estimate of drug-likeness (QED) is 0.412. The molecule has 0 bridgehead atoms. The maximum atomic E-state index is 12.8. The highest BCUT2D eigenvalue weighted by Crippen LogP contribution is 2.35. The monoisotopic (exact) mass is 555 g/mol. The van der Waals surface area contributed by atoms with Crippen molar-refractivity contribution in [2.45, 2.75) is 57.3 Å². The maximum Gasteiger partial charge on any atom is 0.247 e. The molecule has 10 heteroatoms. The molecule has 4 rings (SSSR count). The Balaban J connectivity index is 1.61. The molecule has 0 saturated heterocycles. The third kappa shape index (κ3) is 4.81. The molecule has 1 amide bonds. The molecule has 0 unspecified atom stereocenters. The number of pyridine rings is 1. The maximum absolute atomic E-state index is 12.8. The van der Waals surface area contributed by atoms with Crippen LogP contribution in [0.25, 0.3) is 11.3 Å². The van der Waals surface area contributed by atoms with Gasteiger partial charge in [0.05, 0.1) is 39.4 Å². The van der Waals surface area contributed by atoms with Crippen LogP contribution in [-0.4, -0.2) is 46.7 Å². The van der Waals surface area contributed by atoms with Crippen LogP contribution in [0.4, 0.5) is 11.6 Å². The lowest BCUT2D eigenvalue weighted by Gasteiger charge is -2.38. The lowest BCUT2D eigenvalue weighted by molar-refractivity contribution is -0.118. The fourth-order valence-corrected chi connectivity index (χ4v) is 5.70. The van der Waals surface area contributed by atoms with E-state index in [9.17, 15) is 4.79 Å². The van der Waals surface area contributed by atoms with Crippen molar-refractivity contribution in [1.29, 1.82) is 0 Å². The highest BCUT2D eigenvalue weighted by atomic mass is 127. The zero-order valence-corrected chi connectivity index (χ0v) is 20.8. The van der Waals surface area contributed by atoms with Crippen LogP contribution in [-0.2, 0) is 19.3 Å². The van der Waals surface area contributed by atoms with Crippen LogP contribution in [0.5, 0.6) is 0 Å². The second-order valence-electron chi connectivity index (χ2n) is 8.30. The summed E-state index contributed by atoms with van der Waals surface area (Å²) in [6.07, 6.45) is 7.46. The van der Waals surface area contributed by atoms with Crippen LogP contribution < -0.4 is 10.2 Å². The van der Waals surface area contributed by atoms with E-state index >= 15 is 0 Å². The fourth-order valence-electron chi connectivity index (χ4n) is 4.11. The fraction of sp³-hybridized carbons (Fsp3) is 0.524. The highest BCUT2D eigenvalue weighted by Gasteiger charge is 2.35. The Morgan fingerprint density at radius 3 is 2.61 bits per heavy atom. The number of amides is 1. The SMILES string of the molecule is CO[C@H]1CC[C@H](N2C(=O)CNc3ncc(-c4ccc(C(C)(C)OSI)nc4)nc32)CC1. The van der Waals surface area contributed by atoms with E-state index in [1.165, 1.54) is 9.21 Å². The van der Waals surface area contributed by atoms with Gasteiger partial charge < -0.3 is 10.1 Å². The van der Waals surface area contributed by atoms with Gasteiger partial charge in [-0.15, -0.1) is 0 Å². The number of hydrogen-bond acceptors (Lipinski definition) is 8. The Bertz CT molecular complexity index is 935. The topological polar surface area (TPSA) is 89.5 Å². The zero-order valence-electron chi connectivity index (χ0n) is 17.8. The van der Waals surface area contributed by atoms with Gasteiger partial charge in [-0.05, 0) is 51.7 Å². The van der Waals surface area contributed by atoms with Gasteiger partial charge in [0, 0.05) is 46.1 Å². The number of nitrogens with zero attached hydrogens (tertiary/aromatic N) is 4. The molecule has 2 aromatic heterocycles. The second kappa shape index (κ2) is 9.55. The molecule has 3 heterocycles. The van der Waals surface area contributed by atoms with Crippen molar-refractivity contribution in [2.75, 3.05) is 23.9 Å². The summed E-state index contributed by atoms with van der Waals surface area (Å²) in [5, 5.41) is 3.10. The first-order valence-corrected chi connectivity index (χ1v) is 13.6. The Morgan fingerprint density at radius 1 is 1.19 bits per heavy atom. The number of fused-ring (bicyclic) bond motifs is 1. The van der Waals surface area contributed by atoms with E-state index in [1.807, 2.05) is 30.9 Å². The molecule has 0 spiro atoms. The van der Waals surface area contributed by atoms with Gasteiger partial charge in [0.2, 0.25) is 5.91 Å². The summed E-state index contributed by atoms with van der Waals surface area (Å²) in [5.41, 5.74) is 1.87. The van der Waals surface area contributed by atoms with Crippen LogP contribution in [0, 0.1) is 0 Å². The van der Waals surface area contributed by atoms with Crippen LogP contribution in [0.3, 0.4) is 0 Å². The lowest BCUT2D eigenvalue weighted by Crippen LogP contribution is -2.49. The van der Waals surface area contributed by atoms with E-state index in [2.05, 4.69) is 36.5 Å². The molecule has 0 aromatic carbocycles. The van der Waals surface area contributed by atoms with Gasteiger partial charge in [-0.3, -0.25) is 18.9 Å². The molecule has 1 N–H and O–H groups in total. The molecular weight excluding hydrogens is 529 g/mol. The highest BCUT2D eigenvalue weighted by molar-refractivity contribution is 14.2. The number of carbonyl (C=O) groups excluding carboxylic acids is 1. The number of methoxy groups -OCH3 is 1. The first-order valence-electron chi connectivity index (χ1n) is 10.3. The first kappa shape index (κ1) is 22.7. The lowest BCUT2D eigenvalue weighted by atomic mass is 9.91. The van der Waals surface area contributed by atoms with Crippen LogP contribution in [0.1, 0.15) is 45.2 Å². The molecule has 0 atom stereocenters. The predicted molar refractivity (Wildman–Crippen MR) is 130 cm³/mol. The summed E-state index contributed by atoms with van der Waals surface area (Å²) < 4.78 is 11.2. The van der Waals surface area contributed by atoms with Crippen LogP contribution >= 0.6 is 30.4 Å². The number of carbonyl (C=O) groups is 1. The minimum atomic E-state index is -0.500. The van der Waals surface area contributed by atoms with Gasteiger partial charge in [-0.1, -0.05) is 0 Å². The summed E-state index contributed by atoms with van der Waals surface area (Å²) in [5.74, 6) is 1.28. The van der Waals surface area contributed by atoms with Crippen molar-refractivity contribution in [3.8, 4) is 11.3 Å². The van der Waals surface area contributed by atoms with E-state index in [1.54, 1.807) is 19.5 Å². The summed E-state index contributed by atoms with van der Waals surface area (Å²) in [6.45, 7) is 4.20. The summed E-state index contributed by atoms with van der Waals surface area (Å²) >= 11 is 2.10. The van der Waals surface area contributed by atoms with Gasteiger partial charge in [0.25, 0.3) is 0 Å². The van der Waals surface area contributed by atoms with E-state index < -0.39 is 5.60 Å². The molecular formula is C21H26IN5O3S. The van der Waals surface area contributed by atoms with Crippen LogP contribution in [0.2, 0.25) is 0 Å². The summed E-state index contributed by atoms with van der Waals surface area (Å²) in [7, 11) is 3.04. The van der Waals surface area contributed by atoms with Crippen molar-refractivity contribution >= 4 is 48.0 Å². The van der Waals surface area contributed by atoms with Crippen molar-refractivity contribution in [3.05, 3.63) is 30.2 Å². The average molecular weight is 555 g/mol. The Kier molecular flexibility index (Phi) is 6.99. The number of halogens is 1. The third-order valence-electron chi connectivity index (χ3n) is 5.92. The van der Waals surface area contributed by atoms with Crippen molar-refractivity contribution in [1.82, 2.24) is 15.0 Å². The van der Waals surface area contributed by atoms with Gasteiger partial charge in [0.1, 0.15) is 5.60 Å². The van der Waals surface area contributed by atoms with E-state index in [-0.39, 0.29) is 24.6 Å². The molecule has 2 aromatic rings. The third-order valence-corrected chi connectivity index (χ3v) is 6.94. The zero-order chi connectivity index (χ0) is 22.0. The molecule has 1 aliphatic carbocycles. The van der Waals surface area contributed by atoms with E-state index in [0.29, 0.717) is 17.3 Å². The van der Waals surface area contributed by atoms with Gasteiger partial charge >= 0.3 is 0 Å². The number of hydrogen-bond donors (Lipinski definition) is 1. The van der Waals surface area contributed by atoms with Gasteiger partial charge in [0.15, 0.2) is 11.6 Å². The molecule has 31 heavy (non-hydrogen) atoms. The number of aromatic nitrogens is 3. The molecule has 1 saturated carbocycles. The Labute approximate surface area is 198 Å². The smallest absolute Gasteiger partial charge is 0.247 e. The number of ether oxygens (including phenoxy) is 1. The van der Waals surface area contributed by atoms with Crippen molar-refractivity contribution < 1.29 is 13.7 Å². The standard InChI is InChI=1S/C21H26IN5O3S/c1-21(2,30-31-22)17-9-4-13(10-23-17)16-11-24-19-20(26-16)27(18(28)12-25-19)14-5-7-15(29-3)8-6-14/h4,9-11,14-15H,5-8,12H2,1-3H3,(H,24,25)/t14-,15-. The number of rotatable bonds is 6. The number of nitrogens with one attached hydrogen (secondary N) is 1. The molecule has 0 radical (unpaired) electrons. The van der Waals surface area contributed by atoms with Crippen molar-refractivity contribution in [3.63, 3.8) is 0 Å². The second-order valence-corrected chi connectivity index (χ2v) is 9.67. The normalized spacial score (nSPS) is 21.5. The Hall–Kier alpha value is -1.50. The molecule has 8 nitrogen and oxygen atoms in total. The average Bonchev–Trinajstić information content (AvgIpc) is 2.79. The summed E-state index contributed by atoms with van der Waals surface area (Å²) in [4.78, 5) is 28.6. The molecule has 1 fully saturated rings. The minimum absolute atomic E-state index is 0.0310. The van der Waals surface area contributed by atoms with E-state index in [4.69, 9.17) is 13.9 Å². The van der Waals surface area contributed by atoms with Crippen molar-refractivity contribution in [2.24, 2.45) is 0 Å². The number of anilines is 2. The largest absolute Gasteiger partial charge is 0.381 e. The first-order chi connectivity index (χ1) is 14.9. The molecule has 2 aliphatic rings. The summed E-state index contributed by atoms with van der Waals surface area (Å²) in [6, 6.07) is 4.03. The van der Waals surface area contributed by atoms with Gasteiger partial charge in [-0.2, -0.15) is 0 Å². The van der Waals surface area contributed by atoms with Crippen LogP contribution in [0.15, 0.2) is 24.5 Å². The molecule has 166 valence electrons. The minimum Gasteiger partial charge on any atom is -0.381 e. The predicted octanol–water partition coefficient (Wildman–Crippen LogP) is 4.50. The van der Waals surface area contributed by atoms with E-state index in [0.717, 1.165) is 36.9 Å². The Morgan fingerprint density at radius 2 is 1.97 bits per heavy atom.